The van der Waals surface area contributed by atoms with Crippen LogP contribution in [0.4, 0.5) is 0 Å². The van der Waals surface area contributed by atoms with Crippen molar-refractivity contribution >= 4 is 27.3 Å². The SMILES string of the molecule is COC(=O)[C@@H]1[C@@H]([C@@H]2CCCO2)[Se][C@H](C(C)(C)C)N1C=O. The van der Waals surface area contributed by atoms with Crippen LogP contribution in [0.1, 0.15) is 33.6 Å². The van der Waals surface area contributed by atoms with Crippen molar-refractivity contribution in [1.82, 2.24) is 4.90 Å². The second-order valence-corrected chi connectivity index (χ2v) is 9.04. The molecule has 0 unspecified atom stereocenters. The summed E-state index contributed by atoms with van der Waals surface area (Å²) in [6.45, 7) is 7.10. The van der Waals surface area contributed by atoms with E-state index in [2.05, 4.69) is 20.8 Å². The van der Waals surface area contributed by atoms with Gasteiger partial charge in [0.1, 0.15) is 0 Å². The van der Waals surface area contributed by atoms with Gasteiger partial charge in [-0.05, 0) is 0 Å². The second kappa shape index (κ2) is 6.04. The van der Waals surface area contributed by atoms with Crippen LogP contribution in [0.5, 0.6) is 0 Å². The van der Waals surface area contributed by atoms with Crippen molar-refractivity contribution in [3.63, 3.8) is 0 Å². The van der Waals surface area contributed by atoms with E-state index in [0.717, 1.165) is 25.9 Å². The van der Waals surface area contributed by atoms with Crippen molar-refractivity contribution in [2.75, 3.05) is 13.7 Å². The van der Waals surface area contributed by atoms with Crippen LogP contribution < -0.4 is 0 Å². The number of hydrogen-bond acceptors (Lipinski definition) is 4. The van der Waals surface area contributed by atoms with Crippen LogP contribution >= 0.6 is 0 Å². The summed E-state index contributed by atoms with van der Waals surface area (Å²) < 4.78 is 10.7. The molecule has 5 nitrogen and oxygen atoms in total. The zero-order chi connectivity index (χ0) is 14.9. The van der Waals surface area contributed by atoms with E-state index in [1.165, 1.54) is 7.11 Å². The van der Waals surface area contributed by atoms with E-state index in [-0.39, 0.29) is 42.2 Å². The minimum atomic E-state index is -0.482. The number of esters is 1. The van der Waals surface area contributed by atoms with Crippen LogP contribution in [0.3, 0.4) is 0 Å². The predicted molar refractivity (Wildman–Crippen MR) is 75.4 cm³/mol. The molecule has 2 aliphatic heterocycles. The third kappa shape index (κ3) is 2.87. The molecule has 2 rings (SSSR count). The van der Waals surface area contributed by atoms with Gasteiger partial charge in [-0.3, -0.25) is 0 Å². The fourth-order valence-electron chi connectivity index (χ4n) is 2.91. The van der Waals surface area contributed by atoms with Gasteiger partial charge in [-0.25, -0.2) is 0 Å². The number of carbonyl (C=O) groups excluding carboxylic acids is 2. The third-order valence-electron chi connectivity index (χ3n) is 3.83. The molecule has 20 heavy (non-hydrogen) atoms. The van der Waals surface area contributed by atoms with E-state index in [0.29, 0.717) is 0 Å². The van der Waals surface area contributed by atoms with Crippen LogP contribution in [0.15, 0.2) is 0 Å². The van der Waals surface area contributed by atoms with Crippen LogP contribution in [-0.2, 0) is 19.1 Å². The van der Waals surface area contributed by atoms with Gasteiger partial charge in [-0.15, -0.1) is 0 Å². The number of amides is 1. The molecule has 6 heteroatoms. The standard InChI is InChI=1S/C14H23NO4Se/c1-14(2,3)13-15(8-16)10(12(17)18-4)11(20-13)9-6-5-7-19-9/h8-11,13H,5-7H2,1-4H3/t9-,10-,11+,13+/m0/s1. The number of nitrogens with zero attached hydrogens (tertiary/aromatic N) is 1. The summed E-state index contributed by atoms with van der Waals surface area (Å²) in [5.74, 6) is -0.314. The Kier molecular flexibility index (Phi) is 4.77. The molecule has 0 aromatic carbocycles. The number of rotatable bonds is 3. The molecule has 0 aromatic rings. The Morgan fingerprint density at radius 3 is 2.60 bits per heavy atom. The molecule has 0 spiro atoms. The molecule has 1 amide bonds. The summed E-state index contributed by atoms with van der Waals surface area (Å²) in [6, 6.07) is -0.482. The first-order valence-corrected chi connectivity index (χ1v) is 8.95. The average molecular weight is 348 g/mol. The number of ether oxygens (including phenoxy) is 2. The topological polar surface area (TPSA) is 55.8 Å². The van der Waals surface area contributed by atoms with Gasteiger partial charge >= 0.3 is 126 Å². The van der Waals surface area contributed by atoms with E-state index < -0.39 is 6.04 Å². The predicted octanol–water partition coefficient (Wildman–Crippen LogP) is 1.04. The van der Waals surface area contributed by atoms with Crippen molar-refractivity contribution in [2.45, 2.75) is 55.5 Å². The van der Waals surface area contributed by atoms with Crippen molar-refractivity contribution in [3.8, 4) is 0 Å². The molecule has 2 fully saturated rings. The molecule has 0 aromatic heterocycles. The van der Waals surface area contributed by atoms with Gasteiger partial charge in [0, 0.05) is 0 Å². The molecule has 2 saturated heterocycles. The van der Waals surface area contributed by atoms with E-state index in [1.54, 1.807) is 4.90 Å². The first-order valence-electron chi connectivity index (χ1n) is 6.97. The molecule has 2 heterocycles. The van der Waals surface area contributed by atoms with Crippen molar-refractivity contribution < 1.29 is 19.1 Å². The summed E-state index contributed by atoms with van der Waals surface area (Å²) in [4.78, 5) is 25.6. The molecule has 4 atom stereocenters. The van der Waals surface area contributed by atoms with Crippen LogP contribution in [0.2, 0.25) is 4.82 Å². The summed E-state index contributed by atoms with van der Waals surface area (Å²) in [7, 11) is 1.38. The summed E-state index contributed by atoms with van der Waals surface area (Å²) >= 11 is 0.146. The summed E-state index contributed by atoms with van der Waals surface area (Å²) in [5.41, 5.74) is -0.0411. The Bertz CT molecular complexity index is 376. The zero-order valence-electron chi connectivity index (χ0n) is 12.5. The van der Waals surface area contributed by atoms with Crippen LogP contribution in [-0.4, -0.2) is 63.0 Å². The summed E-state index contributed by atoms with van der Waals surface area (Å²) in [5, 5.41) is 0. The van der Waals surface area contributed by atoms with E-state index in [4.69, 9.17) is 9.47 Å². The molecule has 0 N–H and O–H groups in total. The number of hydrogen-bond donors (Lipinski definition) is 0. The van der Waals surface area contributed by atoms with Crippen molar-refractivity contribution in [1.29, 1.82) is 0 Å². The molecule has 0 radical (unpaired) electrons. The van der Waals surface area contributed by atoms with Gasteiger partial charge < -0.3 is 0 Å². The number of carbonyl (C=O) groups is 2. The third-order valence-corrected chi connectivity index (χ3v) is 8.20. The zero-order valence-corrected chi connectivity index (χ0v) is 14.2. The van der Waals surface area contributed by atoms with Gasteiger partial charge in [0.05, 0.1) is 0 Å². The van der Waals surface area contributed by atoms with Gasteiger partial charge in [-0.2, -0.15) is 0 Å². The molecule has 0 saturated carbocycles. The molecular formula is C14H23NO4Se. The normalized spacial score (nSPS) is 34.3. The van der Waals surface area contributed by atoms with E-state index >= 15 is 0 Å². The van der Waals surface area contributed by atoms with E-state index in [9.17, 15) is 9.59 Å². The Balaban J connectivity index is 2.29. The molecule has 2 aliphatic rings. The number of methoxy groups -OCH3 is 1. The maximum atomic E-state index is 12.2. The first kappa shape index (κ1) is 15.8. The quantitative estimate of drug-likeness (QED) is 0.435. The monoisotopic (exact) mass is 349 g/mol. The fourth-order valence-corrected chi connectivity index (χ4v) is 6.72. The van der Waals surface area contributed by atoms with Gasteiger partial charge in [-0.1, -0.05) is 0 Å². The van der Waals surface area contributed by atoms with Gasteiger partial charge in [0.15, 0.2) is 0 Å². The average Bonchev–Trinajstić information content (AvgIpc) is 3.02. The first-order chi connectivity index (χ1) is 9.40. The fraction of sp³-hybridized carbons (Fsp3) is 0.857. The Morgan fingerprint density at radius 2 is 2.15 bits per heavy atom. The molecule has 0 bridgehead atoms. The van der Waals surface area contributed by atoms with E-state index in [1.807, 2.05) is 0 Å². The molecule has 0 aliphatic carbocycles. The van der Waals surface area contributed by atoms with Crippen molar-refractivity contribution in [2.24, 2.45) is 5.41 Å². The molecular weight excluding hydrogens is 325 g/mol. The van der Waals surface area contributed by atoms with Gasteiger partial charge in [0.2, 0.25) is 0 Å². The van der Waals surface area contributed by atoms with Crippen LogP contribution in [0, 0.1) is 5.41 Å². The Morgan fingerprint density at radius 1 is 1.45 bits per heavy atom. The maximum absolute atomic E-state index is 12.2. The Labute approximate surface area is 126 Å². The van der Waals surface area contributed by atoms with Gasteiger partial charge in [0.25, 0.3) is 0 Å². The van der Waals surface area contributed by atoms with Crippen LogP contribution in [0.25, 0.3) is 0 Å². The molecule has 114 valence electrons. The minimum absolute atomic E-state index is 0.0411. The second-order valence-electron chi connectivity index (χ2n) is 6.39. The Hall–Kier alpha value is -0.581. The van der Waals surface area contributed by atoms with Crippen molar-refractivity contribution in [3.05, 3.63) is 0 Å². The summed E-state index contributed by atoms with van der Waals surface area (Å²) in [6.07, 6.45) is 2.92.